The number of sulfone groups is 1. The minimum atomic E-state index is -4.16. The topological polar surface area (TPSA) is 146 Å². The Kier molecular flexibility index (Phi) is 4.21. The van der Waals surface area contributed by atoms with Crippen molar-refractivity contribution in [3.8, 4) is 0 Å². The average Bonchev–Trinajstić information content (AvgIpc) is 2.71. The summed E-state index contributed by atoms with van der Waals surface area (Å²) in [5.41, 5.74) is 0.862. The molecule has 2 aliphatic heterocycles. The van der Waals surface area contributed by atoms with Crippen molar-refractivity contribution < 1.29 is 36.7 Å². The summed E-state index contributed by atoms with van der Waals surface area (Å²) < 4.78 is 49.6. The lowest BCUT2D eigenvalue weighted by Crippen LogP contribution is -2.57. The molecule has 0 aliphatic carbocycles. The molecule has 0 aromatic carbocycles. The summed E-state index contributed by atoms with van der Waals surface area (Å²) in [7, 11) is -4.16. The van der Waals surface area contributed by atoms with Crippen LogP contribution in [0.5, 0.6) is 0 Å². The molecule has 0 bridgehead atoms. The summed E-state index contributed by atoms with van der Waals surface area (Å²) in [6.45, 7) is 1.05. The number of aromatic nitrogens is 1. The Bertz CT molecular complexity index is 997. The number of amides is 2. The Morgan fingerprint density at radius 3 is 2.70 bits per heavy atom. The third-order valence-electron chi connectivity index (χ3n) is 4.49. The quantitative estimate of drug-likeness (QED) is 0.292. The highest BCUT2D eigenvalue weighted by molar-refractivity contribution is 7.94. The Morgan fingerprint density at radius 2 is 2.11 bits per heavy atom. The zero-order valence-electron chi connectivity index (χ0n) is 13.6. The molecule has 27 heavy (non-hydrogen) atoms. The number of carboxylic acid groups (broad SMARTS) is 1. The van der Waals surface area contributed by atoms with Gasteiger partial charge in [-0.2, -0.15) is 9.49 Å². The molecule has 10 nitrogen and oxygen atoms in total. The minimum absolute atomic E-state index is 0.347. The van der Waals surface area contributed by atoms with Crippen molar-refractivity contribution in [2.75, 3.05) is 0 Å². The molecule has 0 saturated carbocycles. The molecule has 13 heteroatoms. The summed E-state index contributed by atoms with van der Waals surface area (Å²) >= 11 is 0. The zero-order valence-corrected chi connectivity index (χ0v) is 14.4. The number of carboxylic acids is 1. The average molecular weight is 402 g/mol. The van der Waals surface area contributed by atoms with Gasteiger partial charge in [-0.1, -0.05) is 0 Å². The van der Waals surface area contributed by atoms with E-state index in [2.05, 4.69) is 10.1 Å². The summed E-state index contributed by atoms with van der Waals surface area (Å²) in [6.07, 6.45) is 0.308. The fraction of sp³-hybridized carbons (Fsp3) is 0.357. The highest BCUT2D eigenvalue weighted by Crippen LogP contribution is 2.45. The normalized spacial score (nSPS) is 28.7. The van der Waals surface area contributed by atoms with E-state index < -0.39 is 61.2 Å². The third-order valence-corrected chi connectivity index (χ3v) is 7.15. The maximum Gasteiger partial charge on any atom is 0.328 e. The third kappa shape index (κ3) is 2.65. The highest BCUT2D eigenvalue weighted by Gasteiger charge is 2.69. The Hall–Kier alpha value is -2.96. The Labute approximate surface area is 150 Å². The molecule has 2 fully saturated rings. The highest BCUT2D eigenvalue weighted by atomic mass is 32.2. The first kappa shape index (κ1) is 18.8. The van der Waals surface area contributed by atoms with E-state index in [0.29, 0.717) is 18.3 Å². The van der Waals surface area contributed by atoms with Crippen LogP contribution in [0, 0.1) is 11.8 Å². The van der Waals surface area contributed by atoms with Gasteiger partial charge < -0.3 is 10.0 Å². The van der Waals surface area contributed by atoms with Gasteiger partial charge in [0.1, 0.15) is 10.1 Å². The number of carbonyl (C=O) groups is 3. The van der Waals surface area contributed by atoms with Gasteiger partial charge in [0.15, 0.2) is 27.4 Å². The number of nitrogens with zero attached hydrogens (tertiary/aromatic N) is 3. The lowest BCUT2D eigenvalue weighted by molar-refractivity contribution is -0.156. The summed E-state index contributed by atoms with van der Waals surface area (Å²) in [5.74, 6) is -5.73. The second-order valence-electron chi connectivity index (χ2n) is 6.09. The fourth-order valence-corrected chi connectivity index (χ4v) is 5.27. The molecular weight excluding hydrogens is 390 g/mol. The number of halogens is 2. The maximum absolute atomic E-state index is 13.5. The lowest BCUT2D eigenvalue weighted by atomic mass is 9.97. The minimum Gasteiger partial charge on any atom is -0.480 e. The Balaban J connectivity index is 1.88. The van der Waals surface area contributed by atoms with Crippen LogP contribution in [0.3, 0.4) is 0 Å². The van der Waals surface area contributed by atoms with E-state index in [-0.39, 0.29) is 6.42 Å². The van der Waals surface area contributed by atoms with Crippen molar-refractivity contribution >= 4 is 33.8 Å². The number of nitrogens with one attached hydrogen (secondary N) is 1. The molecule has 2 N–H and O–H groups in total. The molecule has 2 saturated heterocycles. The second-order valence-corrected chi connectivity index (χ2v) is 8.61. The van der Waals surface area contributed by atoms with E-state index in [1.165, 1.54) is 0 Å². The predicted octanol–water partition coefficient (Wildman–Crippen LogP) is -0.726. The molecule has 0 unspecified atom stereocenters. The fourth-order valence-electron chi connectivity index (χ4n) is 3.05. The number of carbonyl (C=O) groups excluding carboxylic acids is 2. The van der Waals surface area contributed by atoms with Gasteiger partial charge in [0.2, 0.25) is 11.9 Å². The van der Waals surface area contributed by atoms with Gasteiger partial charge in [-0.05, 0) is 19.1 Å². The Morgan fingerprint density at radius 1 is 1.44 bits per heavy atom. The van der Waals surface area contributed by atoms with Gasteiger partial charge in [-0.25, -0.2) is 28.0 Å². The molecule has 2 amide bonds. The molecule has 3 heterocycles. The largest absolute Gasteiger partial charge is 0.480 e. The lowest BCUT2D eigenvalue weighted by Gasteiger charge is -2.35. The number of β-lactam (4-membered cyclic amide) rings is 1. The van der Waals surface area contributed by atoms with E-state index in [9.17, 15) is 36.7 Å². The zero-order chi connectivity index (χ0) is 20.1. The molecule has 0 radical (unpaired) electrons. The first-order valence-electron chi connectivity index (χ1n) is 7.44. The molecule has 144 valence electrons. The summed E-state index contributed by atoms with van der Waals surface area (Å²) in [6, 6.07) is -0.376. The maximum atomic E-state index is 13.5. The van der Waals surface area contributed by atoms with Crippen LogP contribution in [0.15, 0.2) is 17.2 Å². The van der Waals surface area contributed by atoms with Crippen molar-refractivity contribution in [2.45, 2.75) is 29.5 Å². The van der Waals surface area contributed by atoms with Crippen molar-refractivity contribution in [2.24, 2.45) is 5.10 Å². The number of hydrogen-bond acceptors (Lipinski definition) is 7. The van der Waals surface area contributed by atoms with E-state index in [1.54, 1.807) is 5.43 Å². The molecule has 1 aromatic heterocycles. The molecule has 1 aromatic rings. The van der Waals surface area contributed by atoms with Crippen LogP contribution in [-0.4, -0.2) is 63.6 Å². The molecule has 3 rings (SSSR count). The van der Waals surface area contributed by atoms with E-state index >= 15 is 0 Å². The first-order chi connectivity index (χ1) is 12.5. The smallest absolute Gasteiger partial charge is 0.328 e. The first-order valence-corrected chi connectivity index (χ1v) is 8.99. The van der Waals surface area contributed by atoms with Crippen LogP contribution >= 0.6 is 0 Å². The van der Waals surface area contributed by atoms with E-state index in [1.807, 2.05) is 0 Å². The van der Waals surface area contributed by atoms with Gasteiger partial charge in [0.25, 0.3) is 5.91 Å². The summed E-state index contributed by atoms with van der Waals surface area (Å²) in [5, 5.41) is 11.5. The van der Waals surface area contributed by atoms with Gasteiger partial charge in [0.05, 0.1) is 6.42 Å². The van der Waals surface area contributed by atoms with Gasteiger partial charge in [0, 0.05) is 6.21 Å². The predicted molar refractivity (Wildman–Crippen MR) is 84.1 cm³/mol. The van der Waals surface area contributed by atoms with E-state index in [0.717, 1.165) is 11.8 Å². The van der Waals surface area contributed by atoms with Crippen LogP contribution < -0.4 is 5.43 Å². The summed E-state index contributed by atoms with van der Waals surface area (Å²) in [4.78, 5) is 38.8. The van der Waals surface area contributed by atoms with Crippen molar-refractivity contribution in [3.05, 3.63) is 29.6 Å². The number of rotatable bonds is 4. The number of hydrazone groups is 1. The van der Waals surface area contributed by atoms with Gasteiger partial charge >= 0.3 is 5.97 Å². The van der Waals surface area contributed by atoms with Crippen LogP contribution in [0.4, 0.5) is 8.78 Å². The van der Waals surface area contributed by atoms with Crippen molar-refractivity contribution in [1.29, 1.82) is 0 Å². The van der Waals surface area contributed by atoms with Crippen molar-refractivity contribution in [1.82, 2.24) is 15.3 Å². The molecular formula is C14H12F2N4O6S. The number of aliphatic carboxylic acids is 1. The van der Waals surface area contributed by atoms with E-state index in [4.69, 9.17) is 0 Å². The SMILES string of the molecule is C[C@]1(/C=N/NC(=O)c2nc(F)ccc2F)[C@H](C(=O)O)N2C(=O)C[C@H]2S1(=O)=O. The van der Waals surface area contributed by atoms with Crippen LogP contribution in [0.1, 0.15) is 23.8 Å². The molecule has 0 spiro atoms. The van der Waals surface area contributed by atoms with Crippen LogP contribution in [0.25, 0.3) is 0 Å². The van der Waals surface area contributed by atoms with Crippen LogP contribution in [0.2, 0.25) is 0 Å². The number of pyridine rings is 1. The monoisotopic (exact) mass is 402 g/mol. The molecule has 2 aliphatic rings. The van der Waals surface area contributed by atoms with Crippen LogP contribution in [-0.2, 0) is 19.4 Å². The van der Waals surface area contributed by atoms with Gasteiger partial charge in [-0.3, -0.25) is 9.59 Å². The molecule has 3 atom stereocenters. The second kappa shape index (κ2) is 6.04. The number of hydrogen-bond donors (Lipinski definition) is 2. The van der Waals surface area contributed by atoms with Crippen molar-refractivity contribution in [3.63, 3.8) is 0 Å². The standard InChI is InChI=1S/C14H12F2N4O6S/c1-14(5-17-19-12(22)10-6(15)2-3-7(16)18-10)11(13(23)24)20-8(21)4-9(20)27(14,25)26/h2-3,5,9,11H,4H2,1H3,(H,19,22)(H,23,24)/b17-5+/t9-,11+,14+/m1/s1. The van der Waals surface area contributed by atoms with Gasteiger partial charge in [-0.15, -0.1) is 0 Å². The number of fused-ring (bicyclic) bond motifs is 1.